The first-order chi connectivity index (χ1) is 16.9. The molecule has 0 spiro atoms. The molecule has 4 rings (SSSR count). The summed E-state index contributed by atoms with van der Waals surface area (Å²) in [6.45, 7) is 2.14. The monoisotopic (exact) mass is 482 g/mol. The van der Waals surface area contributed by atoms with Crippen molar-refractivity contribution in [2.45, 2.75) is 31.6 Å². The third-order valence-electron chi connectivity index (χ3n) is 5.86. The van der Waals surface area contributed by atoms with E-state index >= 15 is 0 Å². The number of nitrogens with zero attached hydrogens (tertiary/aromatic N) is 5. The first-order valence-electron chi connectivity index (χ1n) is 11.4. The van der Waals surface area contributed by atoms with Gasteiger partial charge in [-0.15, -0.1) is 0 Å². The van der Waals surface area contributed by atoms with Crippen LogP contribution >= 0.6 is 0 Å². The van der Waals surface area contributed by atoms with E-state index in [1.807, 2.05) is 11.6 Å². The Morgan fingerprint density at radius 3 is 2.80 bits per heavy atom. The number of anilines is 2. The van der Waals surface area contributed by atoms with Crippen LogP contribution in [0, 0.1) is 0 Å². The molecule has 0 radical (unpaired) electrons. The maximum Gasteiger partial charge on any atom is 0.337 e. The molecule has 1 aromatic carbocycles. The Morgan fingerprint density at radius 1 is 1.23 bits per heavy atom. The minimum Gasteiger partial charge on any atom is -0.465 e. The molecule has 3 heterocycles. The molecule has 0 aliphatic carbocycles. The summed E-state index contributed by atoms with van der Waals surface area (Å²) in [5, 5.41) is 5.59. The third-order valence-corrected chi connectivity index (χ3v) is 5.86. The number of fused-ring (bicyclic) bond motifs is 1. The highest BCUT2D eigenvalue weighted by Gasteiger charge is 2.28. The highest BCUT2D eigenvalue weighted by molar-refractivity contribution is 5.92. The second kappa shape index (κ2) is 11.1. The molecular formula is C23H30N8O4. The van der Waals surface area contributed by atoms with Crippen molar-refractivity contribution in [3.63, 3.8) is 0 Å². The number of carbonyl (C=O) groups is 2. The third kappa shape index (κ3) is 6.03. The number of nitrogens with one attached hydrogen (secondary N) is 2. The second-order valence-corrected chi connectivity index (χ2v) is 8.44. The van der Waals surface area contributed by atoms with E-state index in [0.29, 0.717) is 34.8 Å². The van der Waals surface area contributed by atoms with Crippen molar-refractivity contribution in [1.29, 1.82) is 0 Å². The molecule has 2 unspecified atom stereocenters. The van der Waals surface area contributed by atoms with Gasteiger partial charge in [0.1, 0.15) is 18.1 Å². The van der Waals surface area contributed by atoms with Gasteiger partial charge >= 0.3 is 12.0 Å². The smallest absolute Gasteiger partial charge is 0.337 e. The Morgan fingerprint density at radius 2 is 2.03 bits per heavy atom. The quantitative estimate of drug-likeness (QED) is 0.307. The molecule has 2 atom stereocenters. The zero-order valence-corrected chi connectivity index (χ0v) is 19.8. The number of methoxy groups -OCH3 is 1. The fraction of sp³-hybridized carbons (Fsp3) is 0.435. The lowest BCUT2D eigenvalue weighted by Crippen LogP contribution is -2.34. The number of hydrogen-bond acceptors (Lipinski definition) is 9. The van der Waals surface area contributed by atoms with Gasteiger partial charge in [0, 0.05) is 18.8 Å². The topological polar surface area (TPSA) is 150 Å². The minimum atomic E-state index is -0.418. The lowest BCUT2D eigenvalue weighted by molar-refractivity contribution is -0.00849. The number of benzene rings is 1. The Balaban J connectivity index is 1.15. The van der Waals surface area contributed by atoms with Gasteiger partial charge in [-0.3, -0.25) is 4.57 Å². The molecule has 12 nitrogen and oxygen atoms in total. The van der Waals surface area contributed by atoms with Crippen molar-refractivity contribution in [2.24, 2.45) is 0 Å². The van der Waals surface area contributed by atoms with Gasteiger partial charge in [0.25, 0.3) is 0 Å². The normalized spacial score (nSPS) is 17.6. The molecule has 0 bridgehead atoms. The molecule has 3 aromatic rings. The molecule has 35 heavy (non-hydrogen) atoms. The fourth-order valence-corrected chi connectivity index (χ4v) is 4.08. The van der Waals surface area contributed by atoms with Gasteiger partial charge in [-0.2, -0.15) is 0 Å². The van der Waals surface area contributed by atoms with Gasteiger partial charge in [-0.05, 0) is 57.1 Å². The number of urea groups is 1. The Hall–Kier alpha value is -3.77. The molecule has 2 aromatic heterocycles. The number of esters is 1. The number of carbonyl (C=O) groups excluding carboxylic acids is 2. The molecular weight excluding hydrogens is 452 g/mol. The number of likely N-dealkylation sites (N-methyl/N-ethyl adjacent to an activating group) is 1. The number of hydrogen-bond donors (Lipinski definition) is 3. The zero-order chi connectivity index (χ0) is 24.8. The summed E-state index contributed by atoms with van der Waals surface area (Å²) < 4.78 is 12.8. The SMILES string of the molecule is COC(=O)c1ccc(NC(=O)NCCCN(C)CC2CCC(n3cnc4c(N)ncnc43)O2)cc1. The van der Waals surface area contributed by atoms with Crippen LogP contribution in [-0.4, -0.2) is 76.3 Å². The molecule has 2 amide bonds. The lowest BCUT2D eigenvalue weighted by Gasteiger charge is -2.21. The van der Waals surface area contributed by atoms with E-state index in [-0.39, 0.29) is 18.4 Å². The fourth-order valence-electron chi connectivity index (χ4n) is 4.08. The summed E-state index contributed by atoms with van der Waals surface area (Å²) in [5.41, 5.74) is 8.17. The summed E-state index contributed by atoms with van der Waals surface area (Å²) in [7, 11) is 3.37. The first kappa shape index (κ1) is 24.4. The number of nitrogens with two attached hydrogens (primary N) is 1. The largest absolute Gasteiger partial charge is 0.465 e. The van der Waals surface area contributed by atoms with E-state index in [4.69, 9.17) is 10.5 Å². The van der Waals surface area contributed by atoms with Crippen molar-refractivity contribution in [3.8, 4) is 0 Å². The number of rotatable bonds is 9. The van der Waals surface area contributed by atoms with Gasteiger partial charge in [-0.25, -0.2) is 24.5 Å². The molecule has 1 fully saturated rings. The van der Waals surface area contributed by atoms with E-state index in [9.17, 15) is 9.59 Å². The Bertz CT molecular complexity index is 1170. The predicted octanol–water partition coefficient (Wildman–Crippen LogP) is 2.02. The van der Waals surface area contributed by atoms with Gasteiger partial charge in [0.2, 0.25) is 0 Å². The van der Waals surface area contributed by atoms with E-state index < -0.39 is 5.97 Å². The van der Waals surface area contributed by atoms with Gasteiger partial charge in [0.05, 0.1) is 25.1 Å². The van der Waals surface area contributed by atoms with Gasteiger partial charge in [-0.1, -0.05) is 0 Å². The average Bonchev–Trinajstić information content (AvgIpc) is 3.49. The van der Waals surface area contributed by atoms with Crippen molar-refractivity contribution in [2.75, 3.05) is 44.8 Å². The second-order valence-electron chi connectivity index (χ2n) is 8.44. The van der Waals surface area contributed by atoms with Crippen LogP contribution in [0.5, 0.6) is 0 Å². The average molecular weight is 483 g/mol. The summed E-state index contributed by atoms with van der Waals surface area (Å²) in [6, 6.07) is 6.22. The van der Waals surface area contributed by atoms with Gasteiger partial charge in [0.15, 0.2) is 11.5 Å². The highest BCUT2D eigenvalue weighted by atomic mass is 16.5. The van der Waals surface area contributed by atoms with Gasteiger partial charge < -0.3 is 30.7 Å². The van der Waals surface area contributed by atoms with Crippen molar-refractivity contribution in [1.82, 2.24) is 29.7 Å². The van der Waals surface area contributed by atoms with Crippen LogP contribution in [-0.2, 0) is 9.47 Å². The van der Waals surface area contributed by atoms with E-state index in [2.05, 4.69) is 35.2 Å². The molecule has 0 saturated carbocycles. The highest BCUT2D eigenvalue weighted by Crippen LogP contribution is 2.31. The van der Waals surface area contributed by atoms with E-state index in [1.54, 1.807) is 30.6 Å². The van der Waals surface area contributed by atoms with E-state index in [0.717, 1.165) is 32.4 Å². The van der Waals surface area contributed by atoms with Crippen LogP contribution in [0.15, 0.2) is 36.9 Å². The summed E-state index contributed by atoms with van der Waals surface area (Å²) >= 11 is 0. The summed E-state index contributed by atoms with van der Waals surface area (Å²) in [5.74, 6) is -0.0552. The van der Waals surface area contributed by atoms with Crippen LogP contribution in [0.3, 0.4) is 0 Å². The molecule has 1 saturated heterocycles. The van der Waals surface area contributed by atoms with Crippen LogP contribution in [0.25, 0.3) is 11.2 Å². The number of aromatic nitrogens is 4. The Labute approximate surface area is 202 Å². The maximum absolute atomic E-state index is 12.1. The Kier molecular flexibility index (Phi) is 7.73. The van der Waals surface area contributed by atoms with Crippen molar-refractivity contribution < 1.29 is 19.1 Å². The van der Waals surface area contributed by atoms with Crippen LogP contribution < -0.4 is 16.4 Å². The minimum absolute atomic E-state index is 0.103. The first-order valence-corrected chi connectivity index (χ1v) is 11.4. The lowest BCUT2D eigenvalue weighted by atomic mass is 10.2. The van der Waals surface area contributed by atoms with E-state index in [1.165, 1.54) is 13.4 Å². The maximum atomic E-state index is 12.1. The summed E-state index contributed by atoms with van der Waals surface area (Å²) in [4.78, 5) is 38.4. The molecule has 1 aliphatic heterocycles. The standard InChI is InChI=1S/C23H30N8O4/c1-30(11-3-10-25-23(33)29-16-6-4-15(5-7-16)22(32)34-2)12-17-8-9-18(35-17)31-14-28-19-20(24)26-13-27-21(19)31/h4-7,13-14,17-18H,3,8-12H2,1-2H3,(H2,24,26,27)(H2,25,29,33). The van der Waals surface area contributed by atoms with Crippen LogP contribution in [0.1, 0.15) is 35.8 Å². The molecule has 12 heteroatoms. The summed E-state index contributed by atoms with van der Waals surface area (Å²) in [6.07, 6.45) is 5.72. The number of imidazole rings is 1. The molecule has 1 aliphatic rings. The number of nitrogen functional groups attached to an aromatic ring is 1. The van der Waals surface area contributed by atoms with Crippen LogP contribution in [0.2, 0.25) is 0 Å². The number of amides is 2. The van der Waals surface area contributed by atoms with Crippen molar-refractivity contribution in [3.05, 3.63) is 42.5 Å². The number of ether oxygens (including phenoxy) is 2. The molecule has 4 N–H and O–H groups in total. The van der Waals surface area contributed by atoms with Crippen LogP contribution in [0.4, 0.5) is 16.3 Å². The zero-order valence-electron chi connectivity index (χ0n) is 19.8. The van der Waals surface area contributed by atoms with Crippen molar-refractivity contribution >= 4 is 34.7 Å². The molecule has 186 valence electrons. The predicted molar refractivity (Wildman–Crippen MR) is 130 cm³/mol.